The molecule has 0 aliphatic carbocycles. The molecule has 2 aliphatic heterocycles. The van der Waals surface area contributed by atoms with Gasteiger partial charge in [0.25, 0.3) is 0 Å². The van der Waals surface area contributed by atoms with Gasteiger partial charge in [-0.3, -0.25) is 4.79 Å². The average molecular weight is 454 g/mol. The zero-order valence-corrected chi connectivity index (χ0v) is 18.5. The van der Waals surface area contributed by atoms with Crippen molar-refractivity contribution in [3.63, 3.8) is 0 Å². The van der Waals surface area contributed by atoms with E-state index < -0.39 is 27.3 Å². The Kier molecular flexibility index (Phi) is 5.61. The Labute approximate surface area is 181 Å². The van der Waals surface area contributed by atoms with Crippen molar-refractivity contribution in [1.29, 1.82) is 0 Å². The first-order valence-electron chi connectivity index (χ1n) is 10.3. The Morgan fingerprint density at radius 3 is 2.71 bits per heavy atom. The second-order valence-corrected chi connectivity index (χ2v) is 10.8. The van der Waals surface area contributed by atoms with Crippen molar-refractivity contribution in [1.82, 2.24) is 14.2 Å². The number of halogens is 1. The molecule has 2 saturated heterocycles. The SMILES string of the molecule is C[C@]1(O)COC2(CCN(C(=O)Cn3ccc4ccc(F)cc43)CC2)C[C@@H]1NS(C)(=O)=O. The first-order valence-corrected chi connectivity index (χ1v) is 12.2. The molecule has 0 radical (unpaired) electrons. The van der Waals surface area contributed by atoms with Gasteiger partial charge in [-0.05, 0) is 55.8 Å². The number of aromatic nitrogens is 1. The molecule has 0 bridgehead atoms. The molecule has 4 rings (SSSR count). The highest BCUT2D eigenvalue weighted by Gasteiger charge is 2.49. The fourth-order valence-corrected chi connectivity index (χ4v) is 5.38. The number of ether oxygens (including phenoxy) is 1. The third-order valence-electron chi connectivity index (χ3n) is 6.42. The van der Waals surface area contributed by atoms with Crippen LogP contribution >= 0.6 is 0 Å². The number of hydrogen-bond acceptors (Lipinski definition) is 5. The van der Waals surface area contributed by atoms with Crippen LogP contribution in [-0.2, 0) is 26.1 Å². The smallest absolute Gasteiger partial charge is 0.242 e. The minimum atomic E-state index is -3.48. The number of carbonyl (C=O) groups excluding carboxylic acids is 1. The standard InChI is InChI=1S/C21H28FN3O5S/c1-20(27)14-30-21(12-18(20)23-31(2,28)29)6-9-24(10-7-21)19(26)13-25-8-5-15-3-4-16(22)11-17(15)25/h3-5,8,11,18,23,27H,6-7,9-10,12-14H2,1-2H3/t18-,20-/m0/s1. The molecule has 8 nitrogen and oxygen atoms in total. The molecule has 1 amide bonds. The molecule has 3 heterocycles. The Hall–Kier alpha value is -2.01. The van der Waals surface area contributed by atoms with Crippen molar-refractivity contribution in [3.05, 3.63) is 36.3 Å². The molecule has 1 aromatic heterocycles. The monoisotopic (exact) mass is 453 g/mol. The number of fused-ring (bicyclic) bond motifs is 1. The number of nitrogens with zero attached hydrogens (tertiary/aromatic N) is 2. The van der Waals surface area contributed by atoms with E-state index in [0.29, 0.717) is 37.9 Å². The minimum absolute atomic E-state index is 0.0229. The summed E-state index contributed by atoms with van der Waals surface area (Å²) in [6.07, 6.45) is 4.30. The molecule has 2 atom stereocenters. The van der Waals surface area contributed by atoms with Gasteiger partial charge in [0.05, 0.1) is 30.0 Å². The van der Waals surface area contributed by atoms with E-state index in [1.54, 1.807) is 28.7 Å². The lowest BCUT2D eigenvalue weighted by Gasteiger charge is -2.50. The maximum atomic E-state index is 13.6. The Bertz CT molecular complexity index is 1090. The molecule has 2 N–H and O–H groups in total. The van der Waals surface area contributed by atoms with Gasteiger partial charge in [-0.1, -0.05) is 0 Å². The lowest BCUT2D eigenvalue weighted by Crippen LogP contribution is -2.64. The Balaban J connectivity index is 1.40. The van der Waals surface area contributed by atoms with Crippen molar-refractivity contribution >= 4 is 26.8 Å². The summed E-state index contributed by atoms with van der Waals surface area (Å²) in [7, 11) is -3.48. The highest BCUT2D eigenvalue weighted by Crippen LogP contribution is 2.38. The van der Waals surface area contributed by atoms with Gasteiger partial charge in [-0.15, -0.1) is 0 Å². The number of carbonyl (C=O) groups is 1. The Morgan fingerprint density at radius 2 is 2.03 bits per heavy atom. The number of amides is 1. The lowest BCUT2D eigenvalue weighted by atomic mass is 9.78. The molecule has 31 heavy (non-hydrogen) atoms. The van der Waals surface area contributed by atoms with Gasteiger partial charge in [0.15, 0.2) is 0 Å². The van der Waals surface area contributed by atoms with Crippen LogP contribution in [0.25, 0.3) is 10.9 Å². The van der Waals surface area contributed by atoms with E-state index in [2.05, 4.69) is 4.72 Å². The van der Waals surface area contributed by atoms with E-state index in [1.807, 2.05) is 6.07 Å². The predicted molar refractivity (Wildman–Crippen MR) is 113 cm³/mol. The van der Waals surface area contributed by atoms with Gasteiger partial charge in [0, 0.05) is 19.3 Å². The summed E-state index contributed by atoms with van der Waals surface area (Å²) in [5.74, 6) is -0.410. The van der Waals surface area contributed by atoms with Gasteiger partial charge in [-0.2, -0.15) is 0 Å². The van der Waals surface area contributed by atoms with Crippen LogP contribution in [0.5, 0.6) is 0 Å². The van der Waals surface area contributed by atoms with E-state index >= 15 is 0 Å². The Morgan fingerprint density at radius 1 is 1.32 bits per heavy atom. The van der Waals surface area contributed by atoms with Crippen LogP contribution in [0.3, 0.4) is 0 Å². The minimum Gasteiger partial charge on any atom is -0.386 e. The molecule has 2 aliphatic rings. The number of sulfonamides is 1. The number of rotatable bonds is 4. The molecule has 1 spiro atoms. The fraction of sp³-hybridized carbons (Fsp3) is 0.571. The zero-order valence-electron chi connectivity index (χ0n) is 17.7. The quantitative estimate of drug-likeness (QED) is 0.725. The molecule has 170 valence electrons. The largest absolute Gasteiger partial charge is 0.386 e. The van der Waals surface area contributed by atoms with E-state index in [1.165, 1.54) is 12.1 Å². The van der Waals surface area contributed by atoms with Crippen LogP contribution < -0.4 is 4.72 Å². The molecular weight excluding hydrogens is 425 g/mol. The molecule has 0 saturated carbocycles. The van der Waals surface area contributed by atoms with E-state index in [0.717, 1.165) is 11.6 Å². The first-order chi connectivity index (χ1) is 14.5. The second kappa shape index (κ2) is 7.84. The number of piperidine rings is 1. The van der Waals surface area contributed by atoms with Crippen LogP contribution in [0.1, 0.15) is 26.2 Å². The molecule has 1 aromatic carbocycles. The fourth-order valence-electron chi connectivity index (χ4n) is 4.53. The topological polar surface area (TPSA) is 101 Å². The zero-order chi connectivity index (χ0) is 22.4. The average Bonchev–Trinajstić information content (AvgIpc) is 3.07. The van der Waals surface area contributed by atoms with Crippen LogP contribution in [0.4, 0.5) is 4.39 Å². The van der Waals surface area contributed by atoms with Crippen LogP contribution in [0.15, 0.2) is 30.5 Å². The summed E-state index contributed by atoms with van der Waals surface area (Å²) < 4.78 is 47.3. The number of likely N-dealkylation sites (tertiary alicyclic amines) is 1. The summed E-state index contributed by atoms with van der Waals surface area (Å²) in [4.78, 5) is 14.6. The van der Waals surface area contributed by atoms with Crippen molar-refractivity contribution in [3.8, 4) is 0 Å². The molecule has 2 aromatic rings. The lowest BCUT2D eigenvalue weighted by molar-refractivity contribution is -0.190. The summed E-state index contributed by atoms with van der Waals surface area (Å²) in [6, 6.07) is 5.70. The van der Waals surface area contributed by atoms with E-state index in [9.17, 15) is 22.7 Å². The van der Waals surface area contributed by atoms with Crippen molar-refractivity contribution < 1.29 is 27.4 Å². The van der Waals surface area contributed by atoms with Crippen molar-refractivity contribution in [2.45, 2.75) is 50.0 Å². The maximum Gasteiger partial charge on any atom is 0.242 e. The second-order valence-electron chi connectivity index (χ2n) is 9.00. The third-order valence-corrected chi connectivity index (χ3v) is 7.14. The van der Waals surface area contributed by atoms with Gasteiger partial charge >= 0.3 is 0 Å². The summed E-state index contributed by atoms with van der Waals surface area (Å²) in [5, 5.41) is 11.4. The van der Waals surface area contributed by atoms with Crippen molar-refractivity contribution in [2.75, 3.05) is 26.0 Å². The third kappa shape index (κ3) is 4.77. The number of nitrogens with one attached hydrogen (secondary N) is 1. The van der Waals surface area contributed by atoms with Crippen molar-refractivity contribution in [2.24, 2.45) is 0 Å². The highest BCUT2D eigenvalue weighted by molar-refractivity contribution is 7.88. The summed E-state index contributed by atoms with van der Waals surface area (Å²) >= 11 is 0. The predicted octanol–water partition coefficient (Wildman–Crippen LogP) is 1.23. The van der Waals surface area contributed by atoms with Gasteiger partial charge in [0.2, 0.25) is 15.9 Å². The van der Waals surface area contributed by atoms with Crippen LogP contribution in [-0.4, -0.2) is 72.1 Å². The van der Waals surface area contributed by atoms with E-state index in [-0.39, 0.29) is 24.9 Å². The molecule has 10 heteroatoms. The highest BCUT2D eigenvalue weighted by atomic mass is 32.2. The molecular formula is C21H28FN3O5S. The van der Waals surface area contributed by atoms with Gasteiger partial charge in [0.1, 0.15) is 18.0 Å². The maximum absolute atomic E-state index is 13.6. The normalized spacial score (nSPS) is 26.5. The summed E-state index contributed by atoms with van der Waals surface area (Å²) in [6.45, 7) is 2.65. The number of hydrogen-bond donors (Lipinski definition) is 2. The first kappa shape index (κ1) is 22.2. The number of benzene rings is 1. The van der Waals surface area contributed by atoms with Gasteiger partial charge in [-0.25, -0.2) is 17.5 Å². The van der Waals surface area contributed by atoms with Crippen LogP contribution in [0.2, 0.25) is 0 Å². The van der Waals surface area contributed by atoms with Gasteiger partial charge < -0.3 is 19.3 Å². The number of aliphatic hydroxyl groups is 1. The molecule has 2 fully saturated rings. The van der Waals surface area contributed by atoms with Crippen LogP contribution in [0, 0.1) is 5.82 Å². The molecule has 0 unspecified atom stereocenters. The summed E-state index contributed by atoms with van der Waals surface area (Å²) in [5.41, 5.74) is -1.20. The van der Waals surface area contributed by atoms with E-state index in [4.69, 9.17) is 4.74 Å².